The van der Waals surface area contributed by atoms with Gasteiger partial charge in [-0.25, -0.2) is 9.48 Å². The lowest BCUT2D eigenvalue weighted by molar-refractivity contribution is -0.133. The second kappa shape index (κ2) is 8.86. The third-order valence-corrected chi connectivity index (χ3v) is 5.91. The standard InChI is InChI=1S/C27H24N4O3/c1-19(31-23-15-9-10-16-24(23)34-27(31)33)26(32)29(2)17-21-18-30(22-13-7-4-8-14-22)28-25(21)20-11-5-3-6-12-20/h3-16,18-19H,17H2,1-2H3/t19-/m0/s1. The van der Waals surface area contributed by atoms with E-state index in [0.29, 0.717) is 17.6 Å². The van der Waals surface area contributed by atoms with Gasteiger partial charge in [0.25, 0.3) is 0 Å². The Labute approximate surface area is 196 Å². The summed E-state index contributed by atoms with van der Waals surface area (Å²) >= 11 is 0. The molecule has 3 aromatic carbocycles. The van der Waals surface area contributed by atoms with E-state index in [2.05, 4.69) is 0 Å². The van der Waals surface area contributed by atoms with Crippen molar-refractivity contribution in [2.24, 2.45) is 0 Å². The van der Waals surface area contributed by atoms with Gasteiger partial charge in [-0.3, -0.25) is 9.36 Å². The lowest BCUT2D eigenvalue weighted by Gasteiger charge is -2.22. The van der Waals surface area contributed by atoms with Crippen molar-refractivity contribution in [3.05, 3.63) is 107 Å². The van der Waals surface area contributed by atoms with E-state index in [1.54, 1.807) is 37.1 Å². The monoisotopic (exact) mass is 452 g/mol. The molecular formula is C27H24N4O3. The molecule has 0 fully saturated rings. The lowest BCUT2D eigenvalue weighted by atomic mass is 10.1. The maximum atomic E-state index is 13.4. The van der Waals surface area contributed by atoms with Crippen molar-refractivity contribution >= 4 is 17.0 Å². The van der Waals surface area contributed by atoms with Crippen molar-refractivity contribution in [2.45, 2.75) is 19.5 Å². The van der Waals surface area contributed by atoms with Crippen LogP contribution in [0, 0.1) is 0 Å². The molecule has 1 atom stereocenters. The number of para-hydroxylation sites is 3. The van der Waals surface area contributed by atoms with Crippen LogP contribution in [0.1, 0.15) is 18.5 Å². The van der Waals surface area contributed by atoms with Crippen LogP contribution in [0.15, 0.2) is 100 Å². The van der Waals surface area contributed by atoms with Crippen LogP contribution in [0.3, 0.4) is 0 Å². The van der Waals surface area contributed by atoms with Gasteiger partial charge in [-0.15, -0.1) is 0 Å². The number of hydrogen-bond acceptors (Lipinski definition) is 4. The highest BCUT2D eigenvalue weighted by Crippen LogP contribution is 2.26. The molecule has 7 nitrogen and oxygen atoms in total. The molecule has 2 aromatic heterocycles. The van der Waals surface area contributed by atoms with Crippen LogP contribution in [0.4, 0.5) is 0 Å². The fourth-order valence-electron chi connectivity index (χ4n) is 4.19. The number of likely N-dealkylation sites (N-methyl/N-ethyl adjacent to an activating group) is 1. The van der Waals surface area contributed by atoms with E-state index < -0.39 is 11.8 Å². The van der Waals surface area contributed by atoms with Gasteiger partial charge in [-0.1, -0.05) is 60.7 Å². The first kappa shape index (κ1) is 21.5. The molecule has 1 amide bonds. The minimum Gasteiger partial charge on any atom is -0.408 e. The van der Waals surface area contributed by atoms with Gasteiger partial charge in [-0.05, 0) is 31.2 Å². The van der Waals surface area contributed by atoms with Crippen molar-refractivity contribution in [1.29, 1.82) is 0 Å². The third-order valence-electron chi connectivity index (χ3n) is 5.91. The summed E-state index contributed by atoms with van der Waals surface area (Å²) in [7, 11) is 1.74. The summed E-state index contributed by atoms with van der Waals surface area (Å²) in [4.78, 5) is 27.5. The Hall–Kier alpha value is -4.39. The molecule has 0 spiro atoms. The Kier molecular flexibility index (Phi) is 5.59. The van der Waals surface area contributed by atoms with Crippen LogP contribution in [0.5, 0.6) is 0 Å². The molecule has 0 N–H and O–H groups in total. The van der Waals surface area contributed by atoms with Crippen molar-refractivity contribution in [3.8, 4) is 16.9 Å². The van der Waals surface area contributed by atoms with Crippen LogP contribution in [-0.2, 0) is 11.3 Å². The summed E-state index contributed by atoms with van der Waals surface area (Å²) < 4.78 is 8.55. The van der Waals surface area contributed by atoms with Gasteiger partial charge < -0.3 is 9.32 Å². The van der Waals surface area contributed by atoms with Crippen LogP contribution in [0.25, 0.3) is 28.0 Å². The minimum absolute atomic E-state index is 0.194. The first-order valence-corrected chi connectivity index (χ1v) is 11.1. The molecule has 5 aromatic rings. The van der Waals surface area contributed by atoms with E-state index in [1.165, 1.54) is 4.57 Å². The van der Waals surface area contributed by atoms with E-state index in [1.807, 2.05) is 77.6 Å². The predicted molar refractivity (Wildman–Crippen MR) is 131 cm³/mol. The normalized spacial score (nSPS) is 12.1. The van der Waals surface area contributed by atoms with E-state index in [0.717, 1.165) is 22.5 Å². The van der Waals surface area contributed by atoms with Crippen molar-refractivity contribution in [1.82, 2.24) is 19.2 Å². The summed E-state index contributed by atoms with van der Waals surface area (Å²) in [6, 6.07) is 26.1. The molecule has 0 bridgehead atoms. The Morgan fingerprint density at radius 3 is 2.35 bits per heavy atom. The fraction of sp³-hybridized carbons (Fsp3) is 0.148. The second-order valence-electron chi connectivity index (χ2n) is 8.23. The summed E-state index contributed by atoms with van der Waals surface area (Å²) in [5.41, 5.74) is 4.68. The number of nitrogens with zero attached hydrogens (tertiary/aromatic N) is 4. The average Bonchev–Trinajstić information content (AvgIpc) is 3.44. The molecule has 5 rings (SSSR count). The molecular weight excluding hydrogens is 428 g/mol. The number of aromatic nitrogens is 3. The molecule has 2 heterocycles. The van der Waals surface area contributed by atoms with Gasteiger partial charge in [0.15, 0.2) is 5.58 Å². The quantitative estimate of drug-likeness (QED) is 0.375. The van der Waals surface area contributed by atoms with Crippen molar-refractivity contribution in [3.63, 3.8) is 0 Å². The lowest BCUT2D eigenvalue weighted by Crippen LogP contribution is -2.35. The number of rotatable bonds is 6. The Morgan fingerprint density at radius 2 is 1.62 bits per heavy atom. The van der Waals surface area contributed by atoms with Crippen LogP contribution in [0.2, 0.25) is 0 Å². The number of oxazole rings is 1. The van der Waals surface area contributed by atoms with Crippen LogP contribution < -0.4 is 5.76 Å². The van der Waals surface area contributed by atoms with Crippen LogP contribution >= 0.6 is 0 Å². The zero-order valence-electron chi connectivity index (χ0n) is 19.0. The number of fused-ring (bicyclic) bond motifs is 1. The number of carbonyl (C=O) groups is 1. The number of carbonyl (C=O) groups excluding carboxylic acids is 1. The molecule has 34 heavy (non-hydrogen) atoms. The Bertz CT molecular complexity index is 1500. The molecule has 0 radical (unpaired) electrons. The second-order valence-corrected chi connectivity index (χ2v) is 8.23. The first-order valence-electron chi connectivity index (χ1n) is 11.1. The van der Waals surface area contributed by atoms with Gasteiger partial charge in [0.2, 0.25) is 5.91 Å². The number of amides is 1. The number of benzene rings is 3. The minimum atomic E-state index is -0.717. The maximum Gasteiger partial charge on any atom is 0.420 e. The Balaban J connectivity index is 1.47. The zero-order chi connectivity index (χ0) is 23.7. The molecule has 0 aliphatic heterocycles. The zero-order valence-corrected chi connectivity index (χ0v) is 19.0. The van der Waals surface area contributed by atoms with Gasteiger partial charge in [0, 0.05) is 30.9 Å². The smallest absolute Gasteiger partial charge is 0.408 e. The van der Waals surface area contributed by atoms with E-state index in [4.69, 9.17) is 9.52 Å². The predicted octanol–water partition coefficient (Wildman–Crippen LogP) is 4.67. The highest BCUT2D eigenvalue weighted by molar-refractivity contribution is 5.83. The summed E-state index contributed by atoms with van der Waals surface area (Å²) in [6.45, 7) is 2.05. The average molecular weight is 453 g/mol. The summed E-state index contributed by atoms with van der Waals surface area (Å²) in [6.07, 6.45) is 1.95. The van der Waals surface area contributed by atoms with Crippen molar-refractivity contribution in [2.75, 3.05) is 7.05 Å². The highest BCUT2D eigenvalue weighted by atomic mass is 16.4. The molecule has 0 unspecified atom stereocenters. The van der Waals surface area contributed by atoms with Gasteiger partial charge in [0.1, 0.15) is 6.04 Å². The Morgan fingerprint density at radius 1 is 0.971 bits per heavy atom. The van der Waals surface area contributed by atoms with E-state index in [9.17, 15) is 9.59 Å². The molecule has 0 aliphatic carbocycles. The highest BCUT2D eigenvalue weighted by Gasteiger charge is 2.25. The van der Waals surface area contributed by atoms with Crippen LogP contribution in [-0.4, -0.2) is 32.2 Å². The fourth-order valence-corrected chi connectivity index (χ4v) is 4.19. The van der Waals surface area contributed by atoms with Gasteiger partial charge in [-0.2, -0.15) is 5.10 Å². The molecule has 0 saturated heterocycles. The summed E-state index contributed by atoms with van der Waals surface area (Å²) in [5.74, 6) is -0.738. The van der Waals surface area contributed by atoms with Gasteiger partial charge >= 0.3 is 5.76 Å². The SMILES string of the molecule is C[C@@H](C(=O)N(C)Cc1cn(-c2ccccc2)nc1-c1ccccc1)n1c(=O)oc2ccccc21. The molecule has 0 saturated carbocycles. The molecule has 7 heteroatoms. The first-order chi connectivity index (χ1) is 16.5. The van der Waals surface area contributed by atoms with Crippen molar-refractivity contribution < 1.29 is 9.21 Å². The van der Waals surface area contributed by atoms with E-state index >= 15 is 0 Å². The van der Waals surface area contributed by atoms with E-state index in [-0.39, 0.29) is 5.91 Å². The molecule has 170 valence electrons. The largest absolute Gasteiger partial charge is 0.420 e. The molecule has 0 aliphatic rings. The number of hydrogen-bond donors (Lipinski definition) is 0. The van der Waals surface area contributed by atoms with Gasteiger partial charge in [0.05, 0.1) is 16.9 Å². The topological polar surface area (TPSA) is 73.3 Å². The maximum absolute atomic E-state index is 13.4. The third kappa shape index (κ3) is 3.92. The summed E-state index contributed by atoms with van der Waals surface area (Å²) in [5, 5.41) is 4.82.